The van der Waals surface area contributed by atoms with Crippen molar-refractivity contribution in [3.63, 3.8) is 0 Å². The molecule has 1 unspecified atom stereocenters. The smallest absolute Gasteiger partial charge is 0.342 e. The van der Waals surface area contributed by atoms with Crippen LogP contribution in [0.25, 0.3) is 0 Å². The number of hydrogen-bond donors (Lipinski definition) is 2. The van der Waals surface area contributed by atoms with E-state index in [9.17, 15) is 19.8 Å². The van der Waals surface area contributed by atoms with Gasteiger partial charge >= 0.3 is 5.97 Å². The summed E-state index contributed by atoms with van der Waals surface area (Å²) in [7, 11) is 0. The van der Waals surface area contributed by atoms with E-state index in [2.05, 4.69) is 0 Å². The fourth-order valence-corrected chi connectivity index (χ4v) is 2.86. The zero-order chi connectivity index (χ0) is 17.7. The standard InChI is InChI=1S/C18H21ClO5/c1-11-7-5-3-2-4-6-8-12(20)9-13-16(18(23)24-11)14(21)10-15(22)17(13)19/h3,5,10-11,21-22H,2,4,6-9H2,1H3/b5-3-. The van der Waals surface area contributed by atoms with Gasteiger partial charge in [0.05, 0.1) is 5.02 Å². The normalized spacial score (nSPS) is 21.5. The lowest BCUT2D eigenvalue weighted by molar-refractivity contribution is -0.118. The topological polar surface area (TPSA) is 83.8 Å². The zero-order valence-corrected chi connectivity index (χ0v) is 14.3. The molecule has 1 atom stereocenters. The Kier molecular flexibility index (Phi) is 6.26. The van der Waals surface area contributed by atoms with Gasteiger partial charge in [-0.15, -0.1) is 0 Å². The highest BCUT2D eigenvalue weighted by Gasteiger charge is 2.26. The maximum atomic E-state index is 12.4. The van der Waals surface area contributed by atoms with Gasteiger partial charge in [-0.2, -0.15) is 0 Å². The minimum atomic E-state index is -0.754. The van der Waals surface area contributed by atoms with E-state index in [4.69, 9.17) is 16.3 Å². The number of aromatic hydroxyl groups is 2. The molecule has 1 aliphatic rings. The van der Waals surface area contributed by atoms with Gasteiger partial charge in [0.2, 0.25) is 0 Å². The van der Waals surface area contributed by atoms with Gasteiger partial charge in [-0.3, -0.25) is 4.79 Å². The molecule has 5 nitrogen and oxygen atoms in total. The second-order valence-electron chi connectivity index (χ2n) is 5.97. The predicted molar refractivity (Wildman–Crippen MR) is 90.6 cm³/mol. The van der Waals surface area contributed by atoms with Crippen LogP contribution in [0.1, 0.15) is 54.9 Å². The summed E-state index contributed by atoms with van der Waals surface area (Å²) in [5.41, 5.74) is -0.0389. The van der Waals surface area contributed by atoms with Crippen LogP contribution in [0.15, 0.2) is 18.2 Å². The number of fused-ring (bicyclic) bond motifs is 1. The summed E-state index contributed by atoms with van der Waals surface area (Å²) in [5.74, 6) is -1.68. The van der Waals surface area contributed by atoms with Crippen LogP contribution in [0.3, 0.4) is 0 Å². The Morgan fingerprint density at radius 1 is 1.17 bits per heavy atom. The van der Waals surface area contributed by atoms with E-state index in [-0.39, 0.29) is 40.2 Å². The molecule has 2 N–H and O–H groups in total. The first-order valence-electron chi connectivity index (χ1n) is 8.01. The Hall–Kier alpha value is -2.01. The maximum absolute atomic E-state index is 12.4. The minimum absolute atomic E-state index is 0.104. The molecular formula is C18H21ClO5. The zero-order valence-electron chi connectivity index (χ0n) is 13.5. The molecule has 2 rings (SSSR count). The fraction of sp³-hybridized carbons (Fsp3) is 0.444. The molecule has 6 heteroatoms. The van der Waals surface area contributed by atoms with Crippen molar-refractivity contribution in [3.05, 3.63) is 34.4 Å². The van der Waals surface area contributed by atoms with Crippen LogP contribution in [0.4, 0.5) is 0 Å². The summed E-state index contributed by atoms with van der Waals surface area (Å²) in [6.07, 6.45) is 6.85. The second-order valence-corrected chi connectivity index (χ2v) is 6.34. The second kappa shape index (κ2) is 8.20. The number of phenolic OH excluding ortho intramolecular Hbond substituents is 2. The molecule has 24 heavy (non-hydrogen) atoms. The average molecular weight is 353 g/mol. The quantitative estimate of drug-likeness (QED) is 0.546. The number of ether oxygens (including phenoxy) is 1. The van der Waals surface area contributed by atoms with E-state index in [0.717, 1.165) is 25.3 Å². The Morgan fingerprint density at radius 3 is 2.67 bits per heavy atom. The number of carbonyl (C=O) groups is 2. The molecule has 1 heterocycles. The van der Waals surface area contributed by atoms with Crippen molar-refractivity contribution >= 4 is 23.4 Å². The van der Waals surface area contributed by atoms with Crippen molar-refractivity contribution in [2.75, 3.05) is 0 Å². The van der Waals surface area contributed by atoms with Crippen LogP contribution in [-0.4, -0.2) is 28.1 Å². The maximum Gasteiger partial charge on any atom is 0.342 e. The van der Waals surface area contributed by atoms with Gasteiger partial charge in [-0.25, -0.2) is 4.79 Å². The number of cyclic esters (lactones) is 1. The molecule has 0 amide bonds. The largest absolute Gasteiger partial charge is 0.507 e. The molecule has 0 radical (unpaired) electrons. The number of Topliss-reactive ketones (excluding diaryl/α,β-unsaturated/α-hetero) is 1. The lowest BCUT2D eigenvalue weighted by Gasteiger charge is -2.17. The molecule has 0 fully saturated rings. The van der Waals surface area contributed by atoms with Gasteiger partial charge in [-0.05, 0) is 26.2 Å². The number of allylic oxidation sites excluding steroid dienone is 1. The number of halogens is 1. The monoisotopic (exact) mass is 352 g/mol. The van der Waals surface area contributed by atoms with E-state index in [1.807, 2.05) is 12.2 Å². The van der Waals surface area contributed by atoms with E-state index in [0.29, 0.717) is 12.8 Å². The molecule has 0 bridgehead atoms. The van der Waals surface area contributed by atoms with E-state index >= 15 is 0 Å². The highest BCUT2D eigenvalue weighted by atomic mass is 35.5. The lowest BCUT2D eigenvalue weighted by Crippen LogP contribution is -2.18. The van der Waals surface area contributed by atoms with Crippen LogP contribution >= 0.6 is 11.6 Å². The number of carbonyl (C=O) groups excluding carboxylic acids is 2. The predicted octanol–water partition coefficient (Wildman–Crippen LogP) is 3.93. The number of rotatable bonds is 0. The van der Waals surface area contributed by atoms with Crippen molar-refractivity contribution in [2.24, 2.45) is 0 Å². The van der Waals surface area contributed by atoms with Crippen molar-refractivity contribution in [1.82, 2.24) is 0 Å². The third-order valence-electron chi connectivity index (χ3n) is 3.92. The van der Waals surface area contributed by atoms with Gasteiger partial charge in [0.25, 0.3) is 0 Å². The third-order valence-corrected chi connectivity index (χ3v) is 4.34. The van der Waals surface area contributed by atoms with Crippen LogP contribution in [-0.2, 0) is 16.0 Å². The van der Waals surface area contributed by atoms with Gasteiger partial charge in [0.1, 0.15) is 28.9 Å². The molecule has 0 aliphatic carbocycles. The van der Waals surface area contributed by atoms with Gasteiger partial charge in [-0.1, -0.05) is 23.8 Å². The molecule has 130 valence electrons. The Balaban J connectivity index is 2.43. The van der Waals surface area contributed by atoms with Crippen LogP contribution in [0, 0.1) is 0 Å². The van der Waals surface area contributed by atoms with Gasteiger partial charge in [0, 0.05) is 30.9 Å². The molecule has 1 aromatic carbocycles. The number of hydrogen-bond acceptors (Lipinski definition) is 5. The van der Waals surface area contributed by atoms with E-state index in [1.165, 1.54) is 0 Å². The van der Waals surface area contributed by atoms with Crippen LogP contribution < -0.4 is 0 Å². The van der Waals surface area contributed by atoms with Crippen molar-refractivity contribution < 1.29 is 24.5 Å². The summed E-state index contributed by atoms with van der Waals surface area (Å²) in [5, 5.41) is 19.7. The van der Waals surface area contributed by atoms with Gasteiger partial charge in [0.15, 0.2) is 0 Å². The van der Waals surface area contributed by atoms with Crippen LogP contribution in [0.2, 0.25) is 5.02 Å². The molecule has 0 aromatic heterocycles. The number of phenols is 2. The molecule has 1 aliphatic heterocycles. The Labute approximate surface area is 145 Å². The first-order chi connectivity index (χ1) is 11.4. The van der Waals surface area contributed by atoms with Gasteiger partial charge < -0.3 is 14.9 Å². The lowest BCUT2D eigenvalue weighted by atomic mass is 9.98. The molecule has 0 saturated carbocycles. The third kappa shape index (κ3) is 4.51. The highest BCUT2D eigenvalue weighted by molar-refractivity contribution is 6.33. The van der Waals surface area contributed by atoms with Crippen molar-refractivity contribution in [2.45, 2.75) is 51.6 Å². The summed E-state index contributed by atoms with van der Waals surface area (Å²) >= 11 is 6.07. The number of esters is 1. The Morgan fingerprint density at radius 2 is 1.92 bits per heavy atom. The molecule has 0 spiro atoms. The summed E-state index contributed by atoms with van der Waals surface area (Å²) in [6, 6.07) is 0.987. The summed E-state index contributed by atoms with van der Waals surface area (Å²) in [6.45, 7) is 1.75. The fourth-order valence-electron chi connectivity index (χ4n) is 2.64. The van der Waals surface area contributed by atoms with Crippen LogP contribution in [0.5, 0.6) is 11.5 Å². The van der Waals surface area contributed by atoms with Crippen molar-refractivity contribution in [3.8, 4) is 11.5 Å². The number of benzene rings is 1. The molecule has 1 aromatic rings. The summed E-state index contributed by atoms with van der Waals surface area (Å²) < 4.78 is 5.33. The van der Waals surface area contributed by atoms with E-state index < -0.39 is 11.7 Å². The SMILES string of the molecule is CC1C/C=C\CCCCC(=O)Cc2c(Cl)c(O)cc(O)c2C(=O)O1. The molecule has 0 saturated heterocycles. The van der Waals surface area contributed by atoms with E-state index in [1.54, 1.807) is 6.92 Å². The average Bonchev–Trinajstić information content (AvgIpc) is 2.50. The van der Waals surface area contributed by atoms with Crippen molar-refractivity contribution in [1.29, 1.82) is 0 Å². The Bertz CT molecular complexity index is 666. The first-order valence-corrected chi connectivity index (χ1v) is 8.39. The molecular weight excluding hydrogens is 332 g/mol. The minimum Gasteiger partial charge on any atom is -0.507 e. The number of ketones is 1. The highest BCUT2D eigenvalue weighted by Crippen LogP contribution is 2.37. The first kappa shape index (κ1) is 18.3. The summed E-state index contributed by atoms with van der Waals surface area (Å²) in [4.78, 5) is 24.6.